The van der Waals surface area contributed by atoms with Gasteiger partial charge in [-0.3, -0.25) is 0 Å². The molecule has 2 aromatic rings. The molecule has 1 aromatic heterocycles. The number of rotatable bonds is 7. The second-order valence-electron chi connectivity index (χ2n) is 5.08. The Morgan fingerprint density at radius 1 is 1.14 bits per heavy atom. The van der Waals surface area contributed by atoms with Crippen molar-refractivity contribution < 1.29 is 9.47 Å². The topological polar surface area (TPSA) is 30.5 Å². The molecule has 1 aromatic carbocycles. The summed E-state index contributed by atoms with van der Waals surface area (Å²) in [6.45, 7) is 5.32. The monoisotopic (exact) mass is 305 g/mol. The second kappa shape index (κ2) is 7.48. The van der Waals surface area contributed by atoms with Gasteiger partial charge in [-0.15, -0.1) is 11.3 Å². The van der Waals surface area contributed by atoms with Crippen molar-refractivity contribution in [1.29, 1.82) is 0 Å². The molecule has 0 aliphatic rings. The SMILES string of the molecule is COc1ccc(CCNC(C)c2sccc2C)cc1OC. The van der Waals surface area contributed by atoms with Crippen molar-refractivity contribution >= 4 is 11.3 Å². The number of aryl methyl sites for hydroxylation is 1. The van der Waals surface area contributed by atoms with Crippen LogP contribution in [0.1, 0.15) is 29.0 Å². The van der Waals surface area contributed by atoms with Crippen molar-refractivity contribution in [3.8, 4) is 11.5 Å². The highest BCUT2D eigenvalue weighted by Gasteiger charge is 2.09. The maximum Gasteiger partial charge on any atom is 0.160 e. The van der Waals surface area contributed by atoms with Gasteiger partial charge >= 0.3 is 0 Å². The summed E-state index contributed by atoms with van der Waals surface area (Å²) in [7, 11) is 3.33. The zero-order valence-corrected chi connectivity index (χ0v) is 13.9. The van der Waals surface area contributed by atoms with Gasteiger partial charge in [0.05, 0.1) is 14.2 Å². The Hall–Kier alpha value is -1.52. The summed E-state index contributed by atoms with van der Waals surface area (Å²) in [6.07, 6.45) is 0.967. The van der Waals surface area contributed by atoms with E-state index in [2.05, 4.69) is 36.7 Å². The van der Waals surface area contributed by atoms with Crippen LogP contribution in [0.3, 0.4) is 0 Å². The Kier molecular flexibility index (Phi) is 5.65. The number of thiophene rings is 1. The molecule has 0 radical (unpaired) electrons. The summed E-state index contributed by atoms with van der Waals surface area (Å²) in [4.78, 5) is 1.42. The molecule has 1 N–H and O–H groups in total. The van der Waals surface area contributed by atoms with E-state index in [1.807, 2.05) is 23.5 Å². The molecule has 114 valence electrons. The largest absolute Gasteiger partial charge is 0.493 e. The van der Waals surface area contributed by atoms with E-state index in [-0.39, 0.29) is 0 Å². The second-order valence-corrected chi connectivity index (χ2v) is 6.03. The first-order chi connectivity index (χ1) is 10.2. The van der Waals surface area contributed by atoms with Crippen LogP contribution in [-0.2, 0) is 6.42 Å². The number of nitrogens with one attached hydrogen (secondary N) is 1. The van der Waals surface area contributed by atoms with Gasteiger partial charge in [0.15, 0.2) is 11.5 Å². The lowest BCUT2D eigenvalue weighted by Crippen LogP contribution is -2.21. The number of ether oxygens (including phenoxy) is 2. The van der Waals surface area contributed by atoms with E-state index in [0.29, 0.717) is 6.04 Å². The summed E-state index contributed by atoms with van der Waals surface area (Å²) in [5, 5.41) is 5.73. The molecule has 0 saturated heterocycles. The zero-order valence-electron chi connectivity index (χ0n) is 13.1. The summed E-state index contributed by atoms with van der Waals surface area (Å²) < 4.78 is 10.6. The molecule has 2 rings (SSSR count). The molecule has 0 fully saturated rings. The third-order valence-corrected chi connectivity index (χ3v) is 4.81. The van der Waals surface area contributed by atoms with E-state index >= 15 is 0 Å². The zero-order chi connectivity index (χ0) is 15.2. The van der Waals surface area contributed by atoms with Crippen LogP contribution in [0.4, 0.5) is 0 Å². The fourth-order valence-corrected chi connectivity index (χ4v) is 3.35. The highest BCUT2D eigenvalue weighted by atomic mass is 32.1. The summed E-state index contributed by atoms with van der Waals surface area (Å²) in [5.41, 5.74) is 2.61. The van der Waals surface area contributed by atoms with Crippen LogP contribution in [0.15, 0.2) is 29.6 Å². The summed E-state index contributed by atoms with van der Waals surface area (Å²) in [6, 6.07) is 8.66. The average Bonchev–Trinajstić information content (AvgIpc) is 2.93. The maximum atomic E-state index is 5.34. The van der Waals surface area contributed by atoms with Crippen molar-refractivity contribution in [2.45, 2.75) is 26.3 Å². The third kappa shape index (κ3) is 3.99. The number of hydrogen-bond acceptors (Lipinski definition) is 4. The predicted molar refractivity (Wildman–Crippen MR) is 88.7 cm³/mol. The fraction of sp³-hybridized carbons (Fsp3) is 0.412. The first-order valence-corrected chi connectivity index (χ1v) is 8.02. The highest BCUT2D eigenvalue weighted by molar-refractivity contribution is 7.10. The van der Waals surface area contributed by atoms with Crippen LogP contribution in [-0.4, -0.2) is 20.8 Å². The summed E-state index contributed by atoms with van der Waals surface area (Å²) in [5.74, 6) is 1.56. The Bertz CT molecular complexity index is 580. The van der Waals surface area contributed by atoms with E-state index in [0.717, 1.165) is 24.5 Å². The van der Waals surface area contributed by atoms with Gasteiger partial charge in [0.2, 0.25) is 0 Å². The molecular weight excluding hydrogens is 282 g/mol. The quantitative estimate of drug-likeness (QED) is 0.839. The van der Waals surface area contributed by atoms with Crippen LogP contribution >= 0.6 is 11.3 Å². The van der Waals surface area contributed by atoms with E-state index in [1.54, 1.807) is 14.2 Å². The lowest BCUT2D eigenvalue weighted by Gasteiger charge is -2.14. The van der Waals surface area contributed by atoms with Gasteiger partial charge in [-0.05, 0) is 61.5 Å². The average molecular weight is 305 g/mol. The van der Waals surface area contributed by atoms with Gasteiger partial charge in [-0.25, -0.2) is 0 Å². The Labute approximate surface area is 130 Å². The van der Waals surface area contributed by atoms with Crippen LogP contribution < -0.4 is 14.8 Å². The Morgan fingerprint density at radius 2 is 1.90 bits per heavy atom. The van der Waals surface area contributed by atoms with Gasteiger partial charge in [0.1, 0.15) is 0 Å². The van der Waals surface area contributed by atoms with E-state index in [4.69, 9.17) is 9.47 Å². The van der Waals surface area contributed by atoms with E-state index in [1.165, 1.54) is 16.0 Å². The molecule has 1 unspecified atom stereocenters. The lowest BCUT2D eigenvalue weighted by atomic mass is 10.1. The van der Waals surface area contributed by atoms with Gasteiger partial charge < -0.3 is 14.8 Å². The minimum Gasteiger partial charge on any atom is -0.493 e. The van der Waals surface area contributed by atoms with Crippen LogP contribution in [0.2, 0.25) is 0 Å². The summed E-state index contributed by atoms with van der Waals surface area (Å²) >= 11 is 1.82. The predicted octanol–water partition coefficient (Wildman–Crippen LogP) is 3.97. The third-order valence-electron chi connectivity index (χ3n) is 3.61. The fourth-order valence-electron chi connectivity index (χ4n) is 2.39. The Balaban J connectivity index is 1.90. The lowest BCUT2D eigenvalue weighted by molar-refractivity contribution is 0.354. The molecule has 21 heavy (non-hydrogen) atoms. The molecule has 0 spiro atoms. The normalized spacial score (nSPS) is 12.2. The molecule has 0 bridgehead atoms. The van der Waals surface area contributed by atoms with Crippen molar-refractivity contribution in [2.75, 3.05) is 20.8 Å². The van der Waals surface area contributed by atoms with Crippen LogP contribution in [0, 0.1) is 6.92 Å². The number of benzene rings is 1. The Morgan fingerprint density at radius 3 is 2.52 bits per heavy atom. The van der Waals surface area contributed by atoms with Crippen LogP contribution in [0.5, 0.6) is 11.5 Å². The molecule has 1 heterocycles. The molecule has 3 nitrogen and oxygen atoms in total. The van der Waals surface area contributed by atoms with Gasteiger partial charge in [-0.1, -0.05) is 6.07 Å². The van der Waals surface area contributed by atoms with Crippen molar-refractivity contribution in [3.63, 3.8) is 0 Å². The molecule has 0 amide bonds. The first-order valence-electron chi connectivity index (χ1n) is 7.14. The van der Waals surface area contributed by atoms with Crippen LogP contribution in [0.25, 0.3) is 0 Å². The smallest absolute Gasteiger partial charge is 0.160 e. The van der Waals surface area contributed by atoms with Gasteiger partial charge in [-0.2, -0.15) is 0 Å². The molecule has 1 atom stereocenters. The molecule has 0 aliphatic heterocycles. The maximum absolute atomic E-state index is 5.34. The van der Waals surface area contributed by atoms with E-state index < -0.39 is 0 Å². The minimum atomic E-state index is 0.394. The van der Waals surface area contributed by atoms with Crippen molar-refractivity contribution in [1.82, 2.24) is 5.32 Å². The number of methoxy groups -OCH3 is 2. The van der Waals surface area contributed by atoms with Crippen molar-refractivity contribution in [2.24, 2.45) is 0 Å². The first kappa shape index (κ1) is 15.9. The van der Waals surface area contributed by atoms with Crippen molar-refractivity contribution in [3.05, 3.63) is 45.6 Å². The van der Waals surface area contributed by atoms with Gasteiger partial charge in [0.25, 0.3) is 0 Å². The molecule has 0 saturated carbocycles. The van der Waals surface area contributed by atoms with E-state index in [9.17, 15) is 0 Å². The number of hydrogen-bond donors (Lipinski definition) is 1. The minimum absolute atomic E-state index is 0.394. The standard InChI is InChI=1S/C17H23NO2S/c1-12-8-10-21-17(12)13(2)18-9-7-14-5-6-15(19-3)16(11-14)20-4/h5-6,8,10-11,13,18H,7,9H2,1-4H3. The highest BCUT2D eigenvalue weighted by Crippen LogP contribution is 2.28. The molecule has 4 heteroatoms. The molecule has 0 aliphatic carbocycles. The van der Waals surface area contributed by atoms with Gasteiger partial charge in [0, 0.05) is 10.9 Å². The molecular formula is C17H23NO2S.